The summed E-state index contributed by atoms with van der Waals surface area (Å²) in [5.41, 5.74) is -0.893. The number of aromatic nitrogens is 1. The fraction of sp³-hybridized carbons (Fsp3) is 0.667. The minimum Gasteiger partial charge on any atom is -0.339 e. The monoisotopic (exact) mass is 307 g/mol. The molecule has 0 saturated carbocycles. The lowest BCUT2D eigenvalue weighted by molar-refractivity contribution is -0.140. The van der Waals surface area contributed by atoms with Crippen LogP contribution in [0.15, 0.2) is 5.38 Å². The van der Waals surface area contributed by atoms with Crippen molar-refractivity contribution in [3.05, 3.63) is 16.1 Å². The van der Waals surface area contributed by atoms with Gasteiger partial charge in [-0.2, -0.15) is 13.2 Å². The highest BCUT2D eigenvalue weighted by atomic mass is 32.1. The zero-order chi connectivity index (χ0) is 14.8. The molecule has 1 aliphatic heterocycles. The highest BCUT2D eigenvalue weighted by Gasteiger charge is 2.33. The zero-order valence-corrected chi connectivity index (χ0v) is 11.9. The fourth-order valence-corrected chi connectivity index (χ4v) is 2.96. The molecule has 1 unspecified atom stereocenters. The number of hydrogen-bond acceptors (Lipinski definition) is 4. The molecule has 1 N–H and O–H groups in total. The summed E-state index contributed by atoms with van der Waals surface area (Å²) in [5.74, 6) is -0.0758. The van der Waals surface area contributed by atoms with E-state index >= 15 is 0 Å². The van der Waals surface area contributed by atoms with Gasteiger partial charge in [-0.3, -0.25) is 4.79 Å². The molecule has 4 nitrogen and oxygen atoms in total. The van der Waals surface area contributed by atoms with Crippen molar-refractivity contribution in [2.75, 3.05) is 13.6 Å². The summed E-state index contributed by atoms with van der Waals surface area (Å²) < 4.78 is 37.3. The molecule has 1 amide bonds. The minimum absolute atomic E-state index is 0.0758. The number of carbonyl (C=O) groups is 1. The van der Waals surface area contributed by atoms with Gasteiger partial charge in [-0.05, 0) is 19.4 Å². The molecule has 1 aliphatic rings. The minimum atomic E-state index is -4.43. The third-order valence-corrected chi connectivity index (χ3v) is 4.06. The predicted molar refractivity (Wildman–Crippen MR) is 69.2 cm³/mol. The molecule has 20 heavy (non-hydrogen) atoms. The Hall–Kier alpha value is -1.15. The van der Waals surface area contributed by atoms with Crippen LogP contribution >= 0.6 is 11.3 Å². The third kappa shape index (κ3) is 3.92. The lowest BCUT2D eigenvalue weighted by Gasteiger charge is -2.18. The van der Waals surface area contributed by atoms with Crippen LogP contribution < -0.4 is 5.32 Å². The van der Waals surface area contributed by atoms with Gasteiger partial charge in [0.15, 0.2) is 5.69 Å². The summed E-state index contributed by atoms with van der Waals surface area (Å²) in [6, 6.07) is 0.187. The second-order valence-corrected chi connectivity index (χ2v) is 5.81. The maximum absolute atomic E-state index is 12.4. The van der Waals surface area contributed by atoms with Gasteiger partial charge in [0.25, 0.3) is 0 Å². The lowest BCUT2D eigenvalue weighted by Crippen LogP contribution is -2.33. The van der Waals surface area contributed by atoms with Gasteiger partial charge < -0.3 is 10.2 Å². The van der Waals surface area contributed by atoms with Crippen molar-refractivity contribution in [3.8, 4) is 0 Å². The zero-order valence-electron chi connectivity index (χ0n) is 11.0. The van der Waals surface area contributed by atoms with Crippen LogP contribution in [-0.2, 0) is 17.5 Å². The molecule has 8 heteroatoms. The Balaban J connectivity index is 1.88. The lowest BCUT2D eigenvalue weighted by atomic mass is 10.1. The van der Waals surface area contributed by atoms with Gasteiger partial charge in [-0.25, -0.2) is 4.98 Å². The Bertz CT molecular complexity index is 469. The normalized spacial score (nSPS) is 19.3. The molecule has 1 fully saturated rings. The van der Waals surface area contributed by atoms with Crippen molar-refractivity contribution in [1.29, 1.82) is 0 Å². The quantitative estimate of drug-likeness (QED) is 0.928. The van der Waals surface area contributed by atoms with E-state index in [0.29, 0.717) is 11.4 Å². The third-order valence-electron chi connectivity index (χ3n) is 3.22. The van der Waals surface area contributed by atoms with E-state index < -0.39 is 11.9 Å². The van der Waals surface area contributed by atoms with Crippen molar-refractivity contribution < 1.29 is 18.0 Å². The standard InChI is InChI=1S/C12H16F3N3OS/c1-18(11(19)5-8-3-2-4-16-8)6-10-17-9(7-20-10)12(13,14)15/h7-8,16H,2-6H2,1H3. The second-order valence-electron chi connectivity index (χ2n) is 4.87. The summed E-state index contributed by atoms with van der Waals surface area (Å²) in [5, 5.41) is 4.50. The van der Waals surface area contributed by atoms with Gasteiger partial charge in [0.1, 0.15) is 5.01 Å². The fourth-order valence-electron chi connectivity index (χ4n) is 2.10. The highest BCUT2D eigenvalue weighted by Crippen LogP contribution is 2.30. The molecule has 0 aromatic carbocycles. The molecular weight excluding hydrogens is 291 g/mol. The van der Waals surface area contributed by atoms with Gasteiger partial charge in [0.2, 0.25) is 5.91 Å². The Morgan fingerprint density at radius 3 is 2.90 bits per heavy atom. The van der Waals surface area contributed by atoms with Crippen LogP contribution in [0.3, 0.4) is 0 Å². The molecule has 0 radical (unpaired) electrons. The average molecular weight is 307 g/mol. The van der Waals surface area contributed by atoms with E-state index in [1.54, 1.807) is 7.05 Å². The van der Waals surface area contributed by atoms with Crippen molar-refractivity contribution in [2.24, 2.45) is 0 Å². The summed E-state index contributed by atoms with van der Waals surface area (Å²) >= 11 is 0.924. The predicted octanol–water partition coefficient (Wildman–Crippen LogP) is 2.26. The maximum Gasteiger partial charge on any atom is 0.434 e. The number of carbonyl (C=O) groups excluding carboxylic acids is 1. The molecule has 0 spiro atoms. The van der Waals surface area contributed by atoms with Crippen LogP contribution in [0.2, 0.25) is 0 Å². The van der Waals surface area contributed by atoms with E-state index in [0.717, 1.165) is 36.1 Å². The highest BCUT2D eigenvalue weighted by molar-refractivity contribution is 7.09. The Kier molecular flexibility index (Phi) is 4.64. The summed E-state index contributed by atoms with van der Waals surface area (Å²) in [4.78, 5) is 16.9. The van der Waals surface area contributed by atoms with E-state index in [2.05, 4.69) is 10.3 Å². The molecule has 1 atom stereocenters. The Labute approximate surface area is 119 Å². The molecule has 1 saturated heterocycles. The van der Waals surface area contributed by atoms with Gasteiger partial charge >= 0.3 is 6.18 Å². The van der Waals surface area contributed by atoms with E-state index in [1.165, 1.54) is 4.90 Å². The number of rotatable bonds is 4. The summed E-state index contributed by atoms with van der Waals surface area (Å²) in [6.07, 6.45) is -2.02. The SMILES string of the molecule is CN(Cc1nc(C(F)(F)F)cs1)C(=O)CC1CCCN1. The van der Waals surface area contributed by atoms with E-state index in [9.17, 15) is 18.0 Å². The number of alkyl halides is 3. The van der Waals surface area contributed by atoms with E-state index in [-0.39, 0.29) is 18.5 Å². The topological polar surface area (TPSA) is 45.2 Å². The van der Waals surface area contributed by atoms with Crippen LogP contribution in [0.25, 0.3) is 0 Å². The van der Waals surface area contributed by atoms with Crippen LogP contribution in [0.5, 0.6) is 0 Å². The first-order chi connectivity index (χ1) is 9.36. The second kappa shape index (κ2) is 6.09. The van der Waals surface area contributed by atoms with Crippen molar-refractivity contribution in [3.63, 3.8) is 0 Å². The molecule has 0 aliphatic carbocycles. The first kappa shape index (κ1) is 15.2. The van der Waals surface area contributed by atoms with Gasteiger partial charge in [0, 0.05) is 24.9 Å². The molecule has 2 rings (SSSR count). The van der Waals surface area contributed by atoms with E-state index in [1.807, 2.05) is 0 Å². The Morgan fingerprint density at radius 1 is 1.60 bits per heavy atom. The number of nitrogens with one attached hydrogen (secondary N) is 1. The van der Waals surface area contributed by atoms with Gasteiger partial charge in [-0.1, -0.05) is 0 Å². The molecular formula is C12H16F3N3OS. The van der Waals surface area contributed by atoms with Crippen molar-refractivity contribution in [2.45, 2.75) is 38.0 Å². The number of amides is 1. The van der Waals surface area contributed by atoms with Crippen molar-refractivity contribution >= 4 is 17.2 Å². The first-order valence-corrected chi connectivity index (χ1v) is 7.23. The number of halogens is 3. The molecule has 1 aromatic rings. The van der Waals surface area contributed by atoms with E-state index in [4.69, 9.17) is 0 Å². The summed E-state index contributed by atoms with van der Waals surface area (Å²) in [7, 11) is 1.59. The average Bonchev–Trinajstić information content (AvgIpc) is 2.98. The number of hydrogen-bond donors (Lipinski definition) is 1. The van der Waals surface area contributed by atoms with Crippen LogP contribution in [-0.4, -0.2) is 35.4 Å². The molecule has 1 aromatic heterocycles. The Morgan fingerprint density at radius 2 is 2.35 bits per heavy atom. The number of thiazole rings is 1. The first-order valence-electron chi connectivity index (χ1n) is 6.35. The van der Waals surface area contributed by atoms with Gasteiger partial charge in [-0.15, -0.1) is 11.3 Å². The number of nitrogens with zero attached hydrogens (tertiary/aromatic N) is 2. The molecule has 0 bridgehead atoms. The van der Waals surface area contributed by atoms with Crippen LogP contribution in [0.4, 0.5) is 13.2 Å². The van der Waals surface area contributed by atoms with Crippen molar-refractivity contribution in [1.82, 2.24) is 15.2 Å². The molecule has 112 valence electrons. The van der Waals surface area contributed by atoms with Crippen LogP contribution in [0.1, 0.15) is 30.0 Å². The van der Waals surface area contributed by atoms with Crippen LogP contribution in [0, 0.1) is 0 Å². The smallest absolute Gasteiger partial charge is 0.339 e. The summed E-state index contributed by atoms with van der Waals surface area (Å²) in [6.45, 7) is 1.04. The molecule has 2 heterocycles. The largest absolute Gasteiger partial charge is 0.434 e. The van der Waals surface area contributed by atoms with Gasteiger partial charge in [0.05, 0.1) is 6.54 Å². The maximum atomic E-state index is 12.4.